The number of anilines is 1. The second-order valence-electron chi connectivity index (χ2n) is 4.68. The van der Waals surface area contributed by atoms with Crippen LogP contribution in [-0.2, 0) is 0 Å². The third kappa shape index (κ3) is 4.47. The second-order valence-corrected chi connectivity index (χ2v) is 4.68. The fraction of sp³-hybridized carbons (Fsp3) is 0.500. The molecule has 94 valence electrons. The van der Waals surface area contributed by atoms with Gasteiger partial charge in [-0.1, -0.05) is 32.9 Å². The number of hydrogen-bond donors (Lipinski definition) is 2. The summed E-state index contributed by atoms with van der Waals surface area (Å²) in [5.74, 6) is 0.512. The highest BCUT2D eigenvalue weighted by atomic mass is 16.2. The normalized spacial score (nSPS) is 12.3. The van der Waals surface area contributed by atoms with Gasteiger partial charge in [0.05, 0.1) is 0 Å². The van der Waals surface area contributed by atoms with Gasteiger partial charge in [0.25, 0.3) is 0 Å². The Labute approximate surface area is 104 Å². The molecular formula is C14H22N2O. The highest BCUT2D eigenvalue weighted by molar-refractivity contribution is 5.89. The van der Waals surface area contributed by atoms with Crippen molar-refractivity contribution in [1.82, 2.24) is 5.32 Å². The van der Waals surface area contributed by atoms with E-state index in [1.54, 1.807) is 0 Å². The first-order valence-corrected chi connectivity index (χ1v) is 6.20. The standard InChI is InChI=1S/C14H22N2O/c1-5-11(4)15-14(17)16-13-8-6-12(7-9-13)10(2)3/h6-11H,5H2,1-4H3,(H2,15,16,17)/t11-/m0/s1. The van der Waals surface area contributed by atoms with Crippen molar-refractivity contribution in [3.05, 3.63) is 29.8 Å². The quantitative estimate of drug-likeness (QED) is 0.818. The van der Waals surface area contributed by atoms with Crippen molar-refractivity contribution in [3.8, 4) is 0 Å². The minimum atomic E-state index is -0.142. The number of hydrogen-bond acceptors (Lipinski definition) is 1. The zero-order chi connectivity index (χ0) is 12.8. The van der Waals surface area contributed by atoms with Gasteiger partial charge in [-0.15, -0.1) is 0 Å². The van der Waals surface area contributed by atoms with Crippen LogP contribution in [0.1, 0.15) is 45.6 Å². The van der Waals surface area contributed by atoms with E-state index < -0.39 is 0 Å². The van der Waals surface area contributed by atoms with Gasteiger partial charge < -0.3 is 10.6 Å². The van der Waals surface area contributed by atoms with Gasteiger partial charge in [0.1, 0.15) is 0 Å². The molecule has 0 bridgehead atoms. The fourth-order valence-corrected chi connectivity index (χ4v) is 1.44. The lowest BCUT2D eigenvalue weighted by Crippen LogP contribution is -2.35. The van der Waals surface area contributed by atoms with Crippen LogP contribution in [0.4, 0.5) is 10.5 Å². The molecule has 0 heterocycles. The maximum Gasteiger partial charge on any atom is 0.319 e. The molecule has 2 N–H and O–H groups in total. The van der Waals surface area contributed by atoms with E-state index in [-0.39, 0.29) is 12.1 Å². The van der Waals surface area contributed by atoms with Crippen molar-refractivity contribution in [2.45, 2.75) is 46.1 Å². The van der Waals surface area contributed by atoms with Crippen LogP contribution in [0.25, 0.3) is 0 Å². The van der Waals surface area contributed by atoms with Crippen molar-refractivity contribution in [1.29, 1.82) is 0 Å². The zero-order valence-corrected chi connectivity index (χ0v) is 11.1. The molecule has 0 unspecified atom stereocenters. The number of amides is 2. The maximum atomic E-state index is 11.6. The van der Waals surface area contributed by atoms with E-state index in [1.165, 1.54) is 5.56 Å². The first-order valence-electron chi connectivity index (χ1n) is 6.20. The number of nitrogens with one attached hydrogen (secondary N) is 2. The number of carbonyl (C=O) groups is 1. The number of benzene rings is 1. The van der Waals surface area contributed by atoms with Crippen LogP contribution < -0.4 is 10.6 Å². The number of carbonyl (C=O) groups excluding carboxylic acids is 1. The van der Waals surface area contributed by atoms with E-state index >= 15 is 0 Å². The molecular weight excluding hydrogens is 212 g/mol. The van der Waals surface area contributed by atoms with Crippen molar-refractivity contribution in [2.75, 3.05) is 5.32 Å². The van der Waals surface area contributed by atoms with Crippen LogP contribution in [0.15, 0.2) is 24.3 Å². The first kappa shape index (κ1) is 13.6. The maximum absolute atomic E-state index is 11.6. The van der Waals surface area contributed by atoms with E-state index in [2.05, 4.69) is 24.5 Å². The van der Waals surface area contributed by atoms with E-state index in [1.807, 2.05) is 38.1 Å². The zero-order valence-electron chi connectivity index (χ0n) is 11.1. The summed E-state index contributed by atoms with van der Waals surface area (Å²) >= 11 is 0. The van der Waals surface area contributed by atoms with Gasteiger partial charge in [-0.05, 0) is 37.0 Å². The van der Waals surface area contributed by atoms with Gasteiger partial charge in [-0.2, -0.15) is 0 Å². The molecule has 0 radical (unpaired) electrons. The summed E-state index contributed by atoms with van der Waals surface area (Å²) in [7, 11) is 0. The molecule has 3 heteroatoms. The molecule has 1 atom stereocenters. The van der Waals surface area contributed by atoms with Crippen molar-refractivity contribution >= 4 is 11.7 Å². The molecule has 0 saturated heterocycles. The fourth-order valence-electron chi connectivity index (χ4n) is 1.44. The summed E-state index contributed by atoms with van der Waals surface area (Å²) < 4.78 is 0. The smallest absolute Gasteiger partial charge is 0.319 e. The van der Waals surface area contributed by atoms with Crippen LogP contribution in [0, 0.1) is 0 Å². The van der Waals surface area contributed by atoms with Crippen molar-refractivity contribution in [2.24, 2.45) is 0 Å². The molecule has 2 amide bonds. The monoisotopic (exact) mass is 234 g/mol. The molecule has 0 aliphatic rings. The molecule has 1 aromatic rings. The highest BCUT2D eigenvalue weighted by Gasteiger charge is 2.05. The largest absolute Gasteiger partial charge is 0.335 e. The van der Waals surface area contributed by atoms with Gasteiger partial charge in [-0.25, -0.2) is 4.79 Å². The minimum absolute atomic E-state index is 0.142. The van der Waals surface area contributed by atoms with Gasteiger partial charge >= 0.3 is 6.03 Å². The average molecular weight is 234 g/mol. The third-order valence-electron chi connectivity index (χ3n) is 2.83. The van der Waals surface area contributed by atoms with E-state index in [9.17, 15) is 4.79 Å². The highest BCUT2D eigenvalue weighted by Crippen LogP contribution is 2.16. The lowest BCUT2D eigenvalue weighted by Gasteiger charge is -2.13. The Morgan fingerprint density at radius 1 is 1.18 bits per heavy atom. The van der Waals surface area contributed by atoms with Gasteiger partial charge in [0, 0.05) is 11.7 Å². The Morgan fingerprint density at radius 2 is 1.76 bits per heavy atom. The summed E-state index contributed by atoms with van der Waals surface area (Å²) in [5.41, 5.74) is 2.10. The van der Waals surface area contributed by atoms with E-state index in [0.717, 1.165) is 12.1 Å². The molecule has 0 aliphatic heterocycles. The number of rotatable bonds is 4. The lowest BCUT2D eigenvalue weighted by molar-refractivity contribution is 0.249. The topological polar surface area (TPSA) is 41.1 Å². The summed E-state index contributed by atoms with van der Waals surface area (Å²) in [4.78, 5) is 11.6. The molecule has 0 fully saturated rings. The van der Waals surface area contributed by atoms with Crippen LogP contribution in [0.5, 0.6) is 0 Å². The molecule has 1 rings (SSSR count). The summed E-state index contributed by atoms with van der Waals surface area (Å²) in [6.45, 7) is 8.33. The van der Waals surface area contributed by atoms with E-state index in [0.29, 0.717) is 5.92 Å². The molecule has 0 spiro atoms. The van der Waals surface area contributed by atoms with Crippen molar-refractivity contribution < 1.29 is 4.79 Å². The lowest BCUT2D eigenvalue weighted by atomic mass is 10.0. The van der Waals surface area contributed by atoms with E-state index in [4.69, 9.17) is 0 Å². The molecule has 17 heavy (non-hydrogen) atoms. The molecule has 1 aromatic carbocycles. The van der Waals surface area contributed by atoms with Crippen LogP contribution in [0.3, 0.4) is 0 Å². The molecule has 0 saturated carbocycles. The third-order valence-corrected chi connectivity index (χ3v) is 2.83. The number of urea groups is 1. The Bertz CT molecular complexity index is 357. The Morgan fingerprint density at radius 3 is 2.24 bits per heavy atom. The van der Waals surface area contributed by atoms with Crippen LogP contribution >= 0.6 is 0 Å². The molecule has 0 aromatic heterocycles. The van der Waals surface area contributed by atoms with Crippen molar-refractivity contribution in [3.63, 3.8) is 0 Å². The van der Waals surface area contributed by atoms with Gasteiger partial charge in [0.15, 0.2) is 0 Å². The SMILES string of the molecule is CC[C@H](C)NC(=O)Nc1ccc(C(C)C)cc1. The average Bonchev–Trinajstić information content (AvgIpc) is 2.29. The Balaban J connectivity index is 2.54. The van der Waals surface area contributed by atoms with Crippen LogP contribution in [-0.4, -0.2) is 12.1 Å². The molecule has 0 aliphatic carbocycles. The first-order chi connectivity index (χ1) is 8.02. The minimum Gasteiger partial charge on any atom is -0.335 e. The Hall–Kier alpha value is -1.51. The van der Waals surface area contributed by atoms with Gasteiger partial charge in [0.2, 0.25) is 0 Å². The predicted molar refractivity (Wildman–Crippen MR) is 72.4 cm³/mol. The predicted octanol–water partition coefficient (Wildman–Crippen LogP) is 3.73. The summed E-state index contributed by atoms with van der Waals surface area (Å²) in [6, 6.07) is 8.02. The summed E-state index contributed by atoms with van der Waals surface area (Å²) in [6.07, 6.45) is 0.930. The Kier molecular flexibility index (Phi) is 5.01. The van der Waals surface area contributed by atoms with Gasteiger partial charge in [-0.3, -0.25) is 0 Å². The van der Waals surface area contributed by atoms with Crippen LogP contribution in [0.2, 0.25) is 0 Å². The second kappa shape index (κ2) is 6.28. The molecule has 3 nitrogen and oxygen atoms in total. The summed E-state index contributed by atoms with van der Waals surface area (Å²) in [5, 5.41) is 5.69.